The largest absolute Gasteiger partial charge is 0.465 e. The molecule has 0 unspecified atom stereocenters. The molecule has 0 fully saturated rings. The van der Waals surface area contributed by atoms with E-state index in [0.717, 1.165) is 0 Å². The van der Waals surface area contributed by atoms with Crippen molar-refractivity contribution in [2.45, 2.75) is 6.92 Å². The summed E-state index contributed by atoms with van der Waals surface area (Å²) in [4.78, 5) is 23.3. The van der Waals surface area contributed by atoms with Crippen molar-refractivity contribution >= 4 is 33.3 Å². The summed E-state index contributed by atoms with van der Waals surface area (Å²) in [6.07, 6.45) is 0. The third-order valence-electron chi connectivity index (χ3n) is 2.43. The Hall–Kier alpha value is -1.95. The smallest absolute Gasteiger partial charge is 0.325 e. The highest BCUT2D eigenvalue weighted by Crippen LogP contribution is 2.27. The predicted octanol–water partition coefficient (Wildman–Crippen LogP) is 2.33. The summed E-state index contributed by atoms with van der Waals surface area (Å²) in [5.41, 5.74) is 0. The van der Waals surface area contributed by atoms with Crippen LogP contribution in [0.15, 0.2) is 24.3 Å². The minimum Gasteiger partial charge on any atom is -0.465 e. The number of halogens is 1. The molecular formula is C13H12FNO3S. The second-order valence-corrected chi connectivity index (χ2v) is 4.83. The maximum atomic E-state index is 13.5. The molecule has 0 bridgehead atoms. The summed E-state index contributed by atoms with van der Waals surface area (Å²) in [6.45, 7) is 1.76. The van der Waals surface area contributed by atoms with E-state index < -0.39 is 11.9 Å². The fraction of sp³-hybridized carbons (Fsp3) is 0.231. The topological polar surface area (TPSA) is 55.4 Å². The van der Waals surface area contributed by atoms with E-state index in [1.54, 1.807) is 19.1 Å². The van der Waals surface area contributed by atoms with E-state index in [0.29, 0.717) is 15.0 Å². The number of benzene rings is 1. The average molecular weight is 281 g/mol. The molecular weight excluding hydrogens is 269 g/mol. The summed E-state index contributed by atoms with van der Waals surface area (Å²) in [7, 11) is 0. The molecule has 1 aromatic heterocycles. The van der Waals surface area contributed by atoms with Crippen LogP contribution in [-0.4, -0.2) is 25.0 Å². The first kappa shape index (κ1) is 13.5. The van der Waals surface area contributed by atoms with E-state index in [2.05, 4.69) is 5.32 Å². The van der Waals surface area contributed by atoms with Gasteiger partial charge in [0.15, 0.2) is 0 Å². The number of amides is 1. The molecule has 0 radical (unpaired) electrons. The van der Waals surface area contributed by atoms with Gasteiger partial charge in [0.1, 0.15) is 12.4 Å². The zero-order valence-corrected chi connectivity index (χ0v) is 11.1. The predicted molar refractivity (Wildman–Crippen MR) is 70.7 cm³/mol. The summed E-state index contributed by atoms with van der Waals surface area (Å²) in [6, 6.07) is 6.16. The monoisotopic (exact) mass is 281 g/mol. The van der Waals surface area contributed by atoms with Gasteiger partial charge in [-0.2, -0.15) is 0 Å². The molecule has 19 heavy (non-hydrogen) atoms. The average Bonchev–Trinajstić information content (AvgIpc) is 2.82. The zero-order valence-electron chi connectivity index (χ0n) is 10.2. The Balaban J connectivity index is 2.09. The molecule has 0 aliphatic rings. The molecule has 0 saturated heterocycles. The van der Waals surface area contributed by atoms with Crippen molar-refractivity contribution in [3.63, 3.8) is 0 Å². The van der Waals surface area contributed by atoms with Gasteiger partial charge in [-0.25, -0.2) is 4.39 Å². The van der Waals surface area contributed by atoms with Gasteiger partial charge >= 0.3 is 5.97 Å². The molecule has 0 aliphatic carbocycles. The van der Waals surface area contributed by atoms with E-state index >= 15 is 0 Å². The van der Waals surface area contributed by atoms with Crippen LogP contribution in [0.1, 0.15) is 16.6 Å². The molecule has 0 aliphatic heterocycles. The third-order valence-corrected chi connectivity index (χ3v) is 3.53. The van der Waals surface area contributed by atoms with E-state index in [-0.39, 0.29) is 19.0 Å². The highest BCUT2D eigenvalue weighted by Gasteiger charge is 2.13. The van der Waals surface area contributed by atoms with Gasteiger partial charge in [0.2, 0.25) is 0 Å². The first-order valence-corrected chi connectivity index (χ1v) is 6.55. The van der Waals surface area contributed by atoms with Crippen LogP contribution in [0.3, 0.4) is 0 Å². The minimum atomic E-state index is -0.497. The quantitative estimate of drug-likeness (QED) is 0.875. The maximum absolute atomic E-state index is 13.5. The highest BCUT2D eigenvalue weighted by atomic mass is 32.1. The Morgan fingerprint density at radius 2 is 2.21 bits per heavy atom. The lowest BCUT2D eigenvalue weighted by Gasteiger charge is -2.02. The number of rotatable bonds is 4. The lowest BCUT2D eigenvalue weighted by atomic mass is 10.2. The zero-order chi connectivity index (χ0) is 13.8. The summed E-state index contributed by atoms with van der Waals surface area (Å²) < 4.78 is 18.9. The van der Waals surface area contributed by atoms with Gasteiger partial charge in [-0.05, 0) is 25.1 Å². The number of ether oxygens (including phenoxy) is 1. The summed E-state index contributed by atoms with van der Waals surface area (Å²) >= 11 is 1.18. The van der Waals surface area contributed by atoms with E-state index in [1.807, 2.05) is 0 Å². The van der Waals surface area contributed by atoms with Gasteiger partial charge in [0, 0.05) is 10.1 Å². The molecule has 2 aromatic rings. The number of esters is 1. The van der Waals surface area contributed by atoms with Crippen molar-refractivity contribution in [2.75, 3.05) is 13.2 Å². The number of hydrogen-bond acceptors (Lipinski definition) is 4. The number of carbonyl (C=O) groups is 2. The molecule has 1 amide bonds. The summed E-state index contributed by atoms with van der Waals surface area (Å²) in [5.74, 6) is -1.27. The van der Waals surface area contributed by atoms with Crippen molar-refractivity contribution in [3.8, 4) is 0 Å². The second-order valence-electron chi connectivity index (χ2n) is 3.75. The molecule has 1 aromatic carbocycles. The lowest BCUT2D eigenvalue weighted by molar-refractivity contribution is -0.141. The molecule has 1 N–H and O–H groups in total. The van der Waals surface area contributed by atoms with Crippen LogP contribution in [0.25, 0.3) is 10.1 Å². The van der Waals surface area contributed by atoms with Crippen LogP contribution in [0.4, 0.5) is 4.39 Å². The third kappa shape index (κ3) is 3.08. The molecule has 2 rings (SSSR count). The number of nitrogens with one attached hydrogen (secondary N) is 1. The van der Waals surface area contributed by atoms with Gasteiger partial charge in [0.05, 0.1) is 11.5 Å². The Bertz CT molecular complexity index is 623. The van der Waals surface area contributed by atoms with Gasteiger partial charge in [0.25, 0.3) is 5.91 Å². The van der Waals surface area contributed by atoms with Crippen LogP contribution in [0, 0.1) is 5.82 Å². The first-order chi connectivity index (χ1) is 9.11. The van der Waals surface area contributed by atoms with Crippen molar-refractivity contribution in [3.05, 3.63) is 35.0 Å². The molecule has 0 atom stereocenters. The van der Waals surface area contributed by atoms with Crippen LogP contribution >= 0.6 is 11.3 Å². The molecule has 6 heteroatoms. The lowest BCUT2D eigenvalue weighted by Crippen LogP contribution is -2.30. The number of carbonyl (C=O) groups excluding carboxylic acids is 2. The minimum absolute atomic E-state index is 0.191. The molecule has 4 nitrogen and oxygen atoms in total. The SMILES string of the molecule is CCOC(=O)CNC(=O)c1cc2c(F)cccc2s1. The van der Waals surface area contributed by atoms with Gasteiger partial charge in [-0.15, -0.1) is 11.3 Å². The van der Waals surface area contributed by atoms with Crippen LogP contribution in [0.2, 0.25) is 0 Å². The molecule has 0 saturated carbocycles. The highest BCUT2D eigenvalue weighted by molar-refractivity contribution is 7.20. The Morgan fingerprint density at radius 3 is 2.89 bits per heavy atom. The van der Waals surface area contributed by atoms with Gasteiger partial charge < -0.3 is 10.1 Å². The van der Waals surface area contributed by atoms with Crippen LogP contribution < -0.4 is 5.32 Å². The van der Waals surface area contributed by atoms with E-state index in [9.17, 15) is 14.0 Å². The molecule has 1 heterocycles. The van der Waals surface area contributed by atoms with Crippen molar-refractivity contribution in [2.24, 2.45) is 0 Å². The molecule has 0 spiro atoms. The number of hydrogen-bond donors (Lipinski definition) is 1. The van der Waals surface area contributed by atoms with Crippen LogP contribution in [-0.2, 0) is 9.53 Å². The normalized spacial score (nSPS) is 10.4. The maximum Gasteiger partial charge on any atom is 0.325 e. The number of thiophene rings is 1. The Labute approximate surface area is 113 Å². The van der Waals surface area contributed by atoms with Gasteiger partial charge in [-0.1, -0.05) is 6.07 Å². The van der Waals surface area contributed by atoms with E-state index in [1.165, 1.54) is 23.5 Å². The van der Waals surface area contributed by atoms with Gasteiger partial charge in [-0.3, -0.25) is 9.59 Å². The second kappa shape index (κ2) is 5.79. The standard InChI is InChI=1S/C13H12FNO3S/c1-2-18-12(16)7-15-13(17)11-6-8-9(14)4-3-5-10(8)19-11/h3-6H,2,7H2,1H3,(H,15,17). The molecule has 100 valence electrons. The Kier molecular flexibility index (Phi) is 4.11. The fourth-order valence-electron chi connectivity index (χ4n) is 1.59. The van der Waals surface area contributed by atoms with Crippen molar-refractivity contribution in [1.29, 1.82) is 0 Å². The van der Waals surface area contributed by atoms with E-state index in [4.69, 9.17) is 4.74 Å². The summed E-state index contributed by atoms with van der Waals surface area (Å²) in [5, 5.41) is 2.85. The first-order valence-electron chi connectivity index (χ1n) is 5.73. The van der Waals surface area contributed by atoms with Crippen molar-refractivity contribution < 1.29 is 18.7 Å². The van der Waals surface area contributed by atoms with Crippen molar-refractivity contribution in [1.82, 2.24) is 5.32 Å². The van der Waals surface area contributed by atoms with Crippen LogP contribution in [0.5, 0.6) is 0 Å². The number of fused-ring (bicyclic) bond motifs is 1. The fourth-order valence-corrected chi connectivity index (χ4v) is 2.58. The Morgan fingerprint density at radius 1 is 1.42 bits per heavy atom.